The van der Waals surface area contributed by atoms with Crippen molar-refractivity contribution in [3.05, 3.63) is 0 Å². The molecule has 0 aliphatic carbocycles. The molecular weight excluding hydrogens is 637 g/mol. The van der Waals surface area contributed by atoms with E-state index in [9.17, 15) is 64.8 Å². The van der Waals surface area contributed by atoms with Crippen molar-refractivity contribution in [2.75, 3.05) is 32.5 Å². The number of hydrogen-bond acceptors (Lipinski definition) is 17. The average Bonchev–Trinajstić information content (AvgIpc) is 2.96. The Labute approximate surface area is 256 Å². The summed E-state index contributed by atoms with van der Waals surface area (Å²) in [5.74, 6) is -2.14. The number of carbonyl (C=O) groups excluding carboxylic acids is 2. The predicted octanol–water partition coefficient (Wildman–Crippen LogP) is -7.79. The first kappa shape index (κ1) is 39.7. The van der Waals surface area contributed by atoms with Crippen molar-refractivity contribution in [1.82, 2.24) is 10.8 Å². The zero-order valence-electron chi connectivity index (χ0n) is 24.2. The van der Waals surface area contributed by atoms with Gasteiger partial charge < -0.3 is 81.0 Å². The number of carbonyl (C=O) groups is 2. The van der Waals surface area contributed by atoms with Gasteiger partial charge in [-0.1, -0.05) is 0 Å². The Hall–Kier alpha value is -1.47. The van der Waals surface area contributed by atoms with E-state index >= 15 is 0 Å². The molecule has 264 valence electrons. The van der Waals surface area contributed by atoms with Crippen LogP contribution in [0.2, 0.25) is 0 Å². The second-order valence-electron chi connectivity index (χ2n) is 10.9. The molecule has 21 nitrogen and oxygen atoms in total. The molecule has 15 N–H and O–H groups in total. The summed E-state index contributed by atoms with van der Waals surface area (Å²) >= 11 is 0. The Morgan fingerprint density at radius 3 is 2.27 bits per heavy atom. The standard InChI is InChI=1S/C23H44N3O18P/c1-9(28)25-23(5-14(31)26-42-7-12-16(32)10(29)4-15(43-12)41-3-2-24)13(8-45(38,39)40)44-21(20(36)22(23)37)19(35)18(34)17(33)11(30)6-27/h10-13,15-22,27,29-30,32-37H,2-8,24H2,1H3,(H,25,28)(H,26,31)(H2,38,39,40)/t10-,11-,12-,13-,15+,16+,17-,18+,19-,20-,21-,22+,23?/m1/s1. The van der Waals surface area contributed by atoms with Gasteiger partial charge in [0, 0.05) is 19.9 Å². The lowest BCUT2D eigenvalue weighted by atomic mass is 9.75. The lowest BCUT2D eigenvalue weighted by Gasteiger charge is -2.52. The second-order valence-corrected chi connectivity index (χ2v) is 12.6. The number of amides is 2. The normalized spacial score (nSPS) is 35.2. The Balaban J connectivity index is 2.28. The highest BCUT2D eigenvalue weighted by Crippen LogP contribution is 2.44. The third kappa shape index (κ3) is 10.5. The van der Waals surface area contributed by atoms with Crippen LogP contribution in [-0.2, 0) is 33.2 Å². The van der Waals surface area contributed by atoms with Crippen LogP contribution >= 0.6 is 7.60 Å². The molecule has 0 radical (unpaired) electrons. The van der Waals surface area contributed by atoms with E-state index in [1.165, 1.54) is 0 Å². The minimum atomic E-state index is -5.12. The summed E-state index contributed by atoms with van der Waals surface area (Å²) in [6, 6.07) is 0. The van der Waals surface area contributed by atoms with Gasteiger partial charge >= 0.3 is 7.60 Å². The lowest BCUT2D eigenvalue weighted by Crippen LogP contribution is -2.76. The number of nitrogens with two attached hydrogens (primary N) is 1. The molecule has 1 unspecified atom stereocenters. The van der Waals surface area contributed by atoms with Crippen LogP contribution in [-0.4, -0.2) is 179 Å². The van der Waals surface area contributed by atoms with Crippen molar-refractivity contribution < 1.29 is 88.9 Å². The number of hydroxylamine groups is 1. The molecule has 2 amide bonds. The Kier molecular flexibility index (Phi) is 15.1. The molecule has 2 heterocycles. The molecule has 13 atom stereocenters. The fourth-order valence-electron chi connectivity index (χ4n) is 5.11. The topological polar surface area (TPSA) is 361 Å². The van der Waals surface area contributed by atoms with Crippen molar-refractivity contribution in [2.24, 2.45) is 5.73 Å². The fourth-order valence-corrected chi connectivity index (χ4v) is 5.96. The molecule has 2 aliphatic rings. The molecule has 0 spiro atoms. The van der Waals surface area contributed by atoms with Gasteiger partial charge in [0.1, 0.15) is 67.1 Å². The third-order valence-corrected chi connectivity index (χ3v) is 8.17. The minimum Gasteiger partial charge on any atom is -0.394 e. The number of hydrogen-bond donors (Lipinski definition) is 14. The van der Waals surface area contributed by atoms with E-state index in [4.69, 9.17) is 29.9 Å². The minimum absolute atomic E-state index is 0.0805. The van der Waals surface area contributed by atoms with Gasteiger partial charge in [-0.15, -0.1) is 0 Å². The summed E-state index contributed by atoms with van der Waals surface area (Å²) < 4.78 is 28.3. The highest BCUT2D eigenvalue weighted by molar-refractivity contribution is 7.51. The molecule has 0 aromatic heterocycles. The summed E-state index contributed by atoms with van der Waals surface area (Å²) in [5.41, 5.74) is 4.79. The van der Waals surface area contributed by atoms with Crippen LogP contribution in [0.15, 0.2) is 0 Å². The van der Waals surface area contributed by atoms with Crippen LogP contribution in [0.1, 0.15) is 19.8 Å². The summed E-state index contributed by atoms with van der Waals surface area (Å²) in [6.45, 7) is -0.482. The van der Waals surface area contributed by atoms with Crippen LogP contribution in [0.4, 0.5) is 0 Å². The third-order valence-electron chi connectivity index (χ3n) is 7.36. The first-order chi connectivity index (χ1) is 20.9. The van der Waals surface area contributed by atoms with Crippen molar-refractivity contribution in [1.29, 1.82) is 0 Å². The molecule has 2 fully saturated rings. The van der Waals surface area contributed by atoms with E-state index in [2.05, 4.69) is 5.32 Å². The number of rotatable bonds is 16. The molecule has 2 aliphatic heterocycles. The van der Waals surface area contributed by atoms with Crippen molar-refractivity contribution in [3.8, 4) is 0 Å². The van der Waals surface area contributed by atoms with E-state index in [-0.39, 0.29) is 19.6 Å². The fraction of sp³-hybridized carbons (Fsp3) is 0.913. The summed E-state index contributed by atoms with van der Waals surface area (Å²) in [7, 11) is -5.12. The Morgan fingerprint density at radius 1 is 1.07 bits per heavy atom. The number of aliphatic hydroxyl groups is 9. The van der Waals surface area contributed by atoms with Gasteiger partial charge in [0.15, 0.2) is 6.29 Å². The van der Waals surface area contributed by atoms with E-state index in [1.54, 1.807) is 0 Å². The van der Waals surface area contributed by atoms with Crippen molar-refractivity contribution >= 4 is 19.4 Å². The van der Waals surface area contributed by atoms with E-state index in [0.29, 0.717) is 0 Å². The highest BCUT2D eigenvalue weighted by Gasteiger charge is 2.60. The molecule has 0 bridgehead atoms. The van der Waals surface area contributed by atoms with Gasteiger partial charge in [0.25, 0.3) is 0 Å². The summed E-state index contributed by atoms with van der Waals surface area (Å²) in [5, 5.41) is 94.0. The highest BCUT2D eigenvalue weighted by atomic mass is 31.2. The van der Waals surface area contributed by atoms with Gasteiger partial charge in [-0.2, -0.15) is 0 Å². The Morgan fingerprint density at radius 2 is 1.71 bits per heavy atom. The molecule has 0 saturated carbocycles. The van der Waals surface area contributed by atoms with E-state index in [0.717, 1.165) is 6.92 Å². The van der Waals surface area contributed by atoms with E-state index in [1.807, 2.05) is 5.48 Å². The molecule has 22 heteroatoms. The molecule has 2 rings (SSSR count). The molecule has 2 saturated heterocycles. The first-order valence-corrected chi connectivity index (χ1v) is 15.6. The number of nitrogens with one attached hydrogen (secondary N) is 2. The van der Waals surface area contributed by atoms with E-state index < -0.39 is 124 Å². The number of aliphatic hydroxyl groups excluding tert-OH is 9. The summed E-state index contributed by atoms with van der Waals surface area (Å²) in [6.07, 6.45) is -25.1. The van der Waals surface area contributed by atoms with Crippen LogP contribution in [0.3, 0.4) is 0 Å². The first-order valence-electron chi connectivity index (χ1n) is 13.8. The zero-order chi connectivity index (χ0) is 34.3. The van der Waals surface area contributed by atoms with Crippen LogP contribution in [0.5, 0.6) is 0 Å². The Bertz CT molecular complexity index is 1010. The molecule has 0 aromatic rings. The molecule has 45 heavy (non-hydrogen) atoms. The van der Waals surface area contributed by atoms with Crippen LogP contribution in [0.25, 0.3) is 0 Å². The SMILES string of the molecule is CC(=O)NC1(CC(=O)NOC[C@H]2O[C@H](OCCN)C[C@@H](O)[C@@H]2O)[C@@H](CP(=O)(O)O)O[C@H]([C@H](O)[C@@H](O)[C@H](O)[C@H](O)CO)[C@@H](O)[C@@H]1O. The van der Waals surface area contributed by atoms with Crippen molar-refractivity contribution in [2.45, 2.75) is 98.7 Å². The van der Waals surface area contributed by atoms with Crippen LogP contribution < -0.4 is 16.5 Å². The van der Waals surface area contributed by atoms with Gasteiger partial charge in [-0.05, 0) is 0 Å². The van der Waals surface area contributed by atoms with Gasteiger partial charge in [-0.3, -0.25) is 19.0 Å². The van der Waals surface area contributed by atoms with Gasteiger partial charge in [0.05, 0.1) is 38.0 Å². The predicted molar refractivity (Wildman–Crippen MR) is 144 cm³/mol. The lowest BCUT2D eigenvalue weighted by molar-refractivity contribution is -0.262. The zero-order valence-corrected chi connectivity index (χ0v) is 25.1. The maximum Gasteiger partial charge on any atom is 0.328 e. The molecular formula is C23H44N3O18P. The monoisotopic (exact) mass is 681 g/mol. The smallest absolute Gasteiger partial charge is 0.328 e. The van der Waals surface area contributed by atoms with Gasteiger partial charge in [-0.25, -0.2) is 5.48 Å². The quantitative estimate of drug-likeness (QED) is 0.0531. The average molecular weight is 682 g/mol. The number of ether oxygens (including phenoxy) is 3. The summed E-state index contributed by atoms with van der Waals surface area (Å²) in [4.78, 5) is 49.7. The van der Waals surface area contributed by atoms with Crippen molar-refractivity contribution in [3.63, 3.8) is 0 Å². The largest absolute Gasteiger partial charge is 0.394 e. The second kappa shape index (κ2) is 17.1. The maximum atomic E-state index is 13.0. The van der Waals surface area contributed by atoms with Crippen LogP contribution in [0, 0.1) is 0 Å². The maximum absolute atomic E-state index is 13.0. The van der Waals surface area contributed by atoms with Gasteiger partial charge in [0.2, 0.25) is 11.8 Å². The molecule has 0 aromatic carbocycles.